The molecule has 0 amide bonds. The average molecular weight is 150 g/mol. The molecule has 50 valence electrons. The van der Waals surface area contributed by atoms with E-state index in [1.54, 1.807) is 7.11 Å². The van der Waals surface area contributed by atoms with E-state index in [0.29, 0.717) is 0 Å². The fraction of sp³-hybridized carbons (Fsp3) is 0.143. The van der Waals surface area contributed by atoms with Gasteiger partial charge in [-0.15, -0.1) is 0 Å². The molecule has 0 fully saturated rings. The number of rotatable bonds is 2. The number of hydrogen-bond acceptors (Lipinski definition) is 2. The van der Waals surface area contributed by atoms with Crippen LogP contribution in [0.5, 0.6) is 0 Å². The van der Waals surface area contributed by atoms with Gasteiger partial charge in [0.1, 0.15) is 7.85 Å². The highest BCUT2D eigenvalue weighted by Gasteiger charge is 1.89. The third kappa shape index (κ3) is 2.08. The molecular weight excluding hydrogens is 143 g/mol. The molecule has 0 spiro atoms. The predicted molar refractivity (Wildman–Crippen MR) is 44.7 cm³/mol. The Morgan fingerprint density at radius 1 is 1.30 bits per heavy atom. The lowest BCUT2D eigenvalue weighted by Gasteiger charge is -1.96. The van der Waals surface area contributed by atoms with Crippen molar-refractivity contribution in [3.8, 4) is 0 Å². The SMILES string of the molecule is [B]c1ccc(SOC)cc1. The molecule has 1 aromatic rings. The molecule has 0 heterocycles. The summed E-state index contributed by atoms with van der Waals surface area (Å²) in [7, 11) is 7.11. The monoisotopic (exact) mass is 150 g/mol. The molecule has 0 N–H and O–H groups in total. The summed E-state index contributed by atoms with van der Waals surface area (Å²) in [6.45, 7) is 0. The van der Waals surface area contributed by atoms with E-state index in [1.807, 2.05) is 24.3 Å². The van der Waals surface area contributed by atoms with Crippen molar-refractivity contribution in [2.75, 3.05) is 7.11 Å². The van der Waals surface area contributed by atoms with Gasteiger partial charge in [-0.3, -0.25) is 0 Å². The van der Waals surface area contributed by atoms with Crippen LogP contribution in [0, 0.1) is 0 Å². The summed E-state index contributed by atoms with van der Waals surface area (Å²) in [6.07, 6.45) is 0. The minimum absolute atomic E-state index is 0.778. The quantitative estimate of drug-likeness (QED) is 0.461. The minimum Gasteiger partial charge on any atom is -0.314 e. The Kier molecular flexibility index (Phi) is 2.84. The highest BCUT2D eigenvalue weighted by molar-refractivity contribution is 7.94. The molecule has 2 radical (unpaired) electrons. The molecule has 10 heavy (non-hydrogen) atoms. The summed E-state index contributed by atoms with van der Waals surface area (Å²) >= 11 is 1.33. The van der Waals surface area contributed by atoms with Crippen LogP contribution in [0.3, 0.4) is 0 Å². The molecule has 0 bridgehead atoms. The van der Waals surface area contributed by atoms with Crippen LogP contribution in [0.2, 0.25) is 0 Å². The van der Waals surface area contributed by atoms with E-state index in [4.69, 9.17) is 12.0 Å². The second-order valence-corrected chi connectivity index (χ2v) is 2.79. The molecule has 3 heteroatoms. The van der Waals surface area contributed by atoms with Crippen molar-refractivity contribution < 1.29 is 4.18 Å². The summed E-state index contributed by atoms with van der Waals surface area (Å²) in [5.41, 5.74) is 0.778. The van der Waals surface area contributed by atoms with E-state index in [2.05, 4.69) is 0 Å². The summed E-state index contributed by atoms with van der Waals surface area (Å²) in [5.74, 6) is 0. The van der Waals surface area contributed by atoms with Gasteiger partial charge in [-0.1, -0.05) is 17.6 Å². The molecule has 0 aliphatic carbocycles. The molecule has 1 aromatic carbocycles. The Morgan fingerprint density at radius 3 is 2.40 bits per heavy atom. The Morgan fingerprint density at radius 2 is 1.90 bits per heavy atom. The van der Waals surface area contributed by atoms with Crippen molar-refractivity contribution in [1.29, 1.82) is 0 Å². The van der Waals surface area contributed by atoms with Crippen LogP contribution in [0.1, 0.15) is 0 Å². The van der Waals surface area contributed by atoms with Gasteiger partial charge in [0.25, 0.3) is 0 Å². The van der Waals surface area contributed by atoms with Crippen LogP contribution in [-0.4, -0.2) is 15.0 Å². The largest absolute Gasteiger partial charge is 0.314 e. The Hall–Kier alpha value is -0.405. The lowest BCUT2D eigenvalue weighted by molar-refractivity contribution is 0.490. The zero-order valence-corrected chi connectivity index (χ0v) is 6.52. The summed E-state index contributed by atoms with van der Waals surface area (Å²) in [4.78, 5) is 1.07. The van der Waals surface area contributed by atoms with Crippen LogP contribution < -0.4 is 5.46 Å². The van der Waals surface area contributed by atoms with Crippen LogP contribution in [-0.2, 0) is 4.18 Å². The van der Waals surface area contributed by atoms with Crippen molar-refractivity contribution in [3.63, 3.8) is 0 Å². The first-order valence-corrected chi connectivity index (χ1v) is 3.63. The van der Waals surface area contributed by atoms with Crippen molar-refractivity contribution in [1.82, 2.24) is 0 Å². The predicted octanol–water partition coefficient (Wildman–Crippen LogP) is 1.13. The van der Waals surface area contributed by atoms with E-state index in [1.165, 1.54) is 12.0 Å². The first-order valence-electron chi connectivity index (χ1n) is 2.89. The van der Waals surface area contributed by atoms with Gasteiger partial charge in [0, 0.05) is 16.9 Å². The van der Waals surface area contributed by atoms with Crippen LogP contribution in [0.4, 0.5) is 0 Å². The molecule has 0 unspecified atom stereocenters. The zero-order valence-electron chi connectivity index (χ0n) is 5.70. The smallest absolute Gasteiger partial charge is 0.113 e. The highest BCUT2D eigenvalue weighted by atomic mass is 32.2. The van der Waals surface area contributed by atoms with Gasteiger partial charge in [-0.2, -0.15) is 0 Å². The molecule has 0 aliphatic heterocycles. The number of hydrogen-bond donors (Lipinski definition) is 0. The van der Waals surface area contributed by atoms with Gasteiger partial charge in [0.15, 0.2) is 0 Å². The third-order valence-corrected chi connectivity index (χ3v) is 1.69. The zero-order chi connectivity index (χ0) is 7.40. The molecule has 1 rings (SSSR count). The second-order valence-electron chi connectivity index (χ2n) is 1.82. The van der Waals surface area contributed by atoms with E-state index < -0.39 is 0 Å². The van der Waals surface area contributed by atoms with E-state index in [9.17, 15) is 0 Å². The van der Waals surface area contributed by atoms with Crippen LogP contribution >= 0.6 is 12.0 Å². The molecule has 0 saturated heterocycles. The van der Waals surface area contributed by atoms with Crippen molar-refractivity contribution >= 4 is 25.4 Å². The van der Waals surface area contributed by atoms with Gasteiger partial charge in [0.2, 0.25) is 0 Å². The van der Waals surface area contributed by atoms with Gasteiger partial charge >= 0.3 is 0 Å². The lowest BCUT2D eigenvalue weighted by Crippen LogP contribution is -1.98. The minimum atomic E-state index is 0.778. The molecule has 0 atom stereocenters. The summed E-state index contributed by atoms with van der Waals surface area (Å²) in [6, 6.07) is 7.54. The summed E-state index contributed by atoms with van der Waals surface area (Å²) in [5, 5.41) is 0. The van der Waals surface area contributed by atoms with Gasteiger partial charge < -0.3 is 4.18 Å². The average Bonchev–Trinajstić information content (AvgIpc) is 1.95. The van der Waals surface area contributed by atoms with Crippen LogP contribution in [0.15, 0.2) is 29.2 Å². The highest BCUT2D eigenvalue weighted by Crippen LogP contribution is 2.15. The van der Waals surface area contributed by atoms with Crippen LogP contribution in [0.25, 0.3) is 0 Å². The van der Waals surface area contributed by atoms with E-state index in [-0.39, 0.29) is 0 Å². The molecular formula is C7H7BOS. The molecule has 0 aromatic heterocycles. The summed E-state index contributed by atoms with van der Waals surface area (Å²) < 4.78 is 4.84. The van der Waals surface area contributed by atoms with Gasteiger partial charge in [-0.25, -0.2) is 0 Å². The molecule has 1 nitrogen and oxygen atoms in total. The first kappa shape index (κ1) is 7.70. The maximum absolute atomic E-state index is 5.47. The molecule has 0 saturated carbocycles. The van der Waals surface area contributed by atoms with E-state index in [0.717, 1.165) is 10.4 Å². The lowest BCUT2D eigenvalue weighted by atomic mass is 9.97. The maximum atomic E-state index is 5.47. The first-order chi connectivity index (χ1) is 4.83. The van der Waals surface area contributed by atoms with E-state index >= 15 is 0 Å². The Labute approximate surface area is 66.4 Å². The fourth-order valence-corrected chi connectivity index (χ4v) is 1.06. The van der Waals surface area contributed by atoms with Gasteiger partial charge in [0.05, 0.1) is 7.11 Å². The fourth-order valence-electron chi connectivity index (χ4n) is 0.620. The van der Waals surface area contributed by atoms with Crippen molar-refractivity contribution in [2.45, 2.75) is 4.90 Å². The third-order valence-electron chi connectivity index (χ3n) is 1.06. The normalized spacial score (nSPS) is 9.70. The maximum Gasteiger partial charge on any atom is 0.113 e. The number of benzene rings is 1. The van der Waals surface area contributed by atoms with Crippen molar-refractivity contribution in [2.24, 2.45) is 0 Å². The van der Waals surface area contributed by atoms with Gasteiger partial charge in [-0.05, 0) is 12.1 Å². The Bertz CT molecular complexity index is 197. The van der Waals surface area contributed by atoms with Crippen molar-refractivity contribution in [3.05, 3.63) is 24.3 Å². The second kappa shape index (κ2) is 3.69. The topological polar surface area (TPSA) is 9.23 Å². The molecule has 0 aliphatic rings. The Balaban J connectivity index is 2.69. The standard InChI is InChI=1S/C7H7BOS/c1-9-10-7-4-2-6(8)3-5-7/h2-5H,1H3.